The molecule has 9 aromatic carbocycles. The maximum atomic E-state index is 12.2. The van der Waals surface area contributed by atoms with Crippen LogP contribution < -0.4 is 55.8 Å². The van der Waals surface area contributed by atoms with Crippen LogP contribution in [0, 0.1) is 0 Å². The number of hydrogen-bond acceptors (Lipinski definition) is 30. The first-order chi connectivity index (χ1) is 61.8. The van der Waals surface area contributed by atoms with Gasteiger partial charge in [0.2, 0.25) is 5.24 Å². The third-order valence-corrected chi connectivity index (χ3v) is 23.1. The van der Waals surface area contributed by atoms with Gasteiger partial charge in [0.25, 0.3) is 11.8 Å². The molecule has 0 aliphatic rings. The largest absolute Gasteiger partial charge is 0.508 e. The van der Waals surface area contributed by atoms with Crippen molar-refractivity contribution in [1.82, 2.24) is 15.9 Å². The summed E-state index contributed by atoms with van der Waals surface area (Å²) in [5.74, 6) is 0.207. The fourth-order valence-corrected chi connectivity index (χ4v) is 11.2. The van der Waals surface area contributed by atoms with Gasteiger partial charge in [-0.15, -0.1) is 23.2 Å². The third kappa shape index (κ3) is 48.4. The zero-order valence-corrected chi connectivity index (χ0v) is 77.7. The van der Waals surface area contributed by atoms with Crippen LogP contribution >= 0.6 is 34.8 Å². The van der Waals surface area contributed by atoms with Gasteiger partial charge in [0.15, 0.2) is 8.32 Å². The summed E-state index contributed by atoms with van der Waals surface area (Å²) in [5, 5.41) is 53.9. The smallest absolute Gasteiger partial charge is 0.337 e. The number of nitrogens with one attached hydrogen (secondary N) is 3. The zero-order valence-electron chi connectivity index (χ0n) is 74.4. The number of phenols is 1. The molecule has 9 aromatic rings. The molecule has 11 N–H and O–H groups in total. The molecule has 9 rings (SSSR count). The van der Waals surface area contributed by atoms with Gasteiger partial charge in [0.1, 0.15) is 54.3 Å². The lowest BCUT2D eigenvalue weighted by molar-refractivity contribution is -0.133. The summed E-state index contributed by atoms with van der Waals surface area (Å²) in [6.45, 7) is 26.5. The minimum Gasteiger partial charge on any atom is -0.508 e. The second-order valence-corrected chi connectivity index (χ2v) is 33.5. The molecule has 0 heterocycles. The Balaban J connectivity index is 0.000000761. The number of benzene rings is 9. The number of ether oxygens (including phenoxy) is 7. The van der Waals surface area contributed by atoms with Crippen molar-refractivity contribution in [3.8, 4) is 28.7 Å². The van der Waals surface area contributed by atoms with Crippen LogP contribution in [0.25, 0.3) is 0 Å². The Hall–Kier alpha value is -12.4. The summed E-state index contributed by atoms with van der Waals surface area (Å²) < 4.78 is 40.3. The molecule has 32 nitrogen and oxygen atoms in total. The molecule has 0 aliphatic carbocycles. The number of aliphatic hydroxyl groups excluding tert-OH is 2. The Bertz CT molecular complexity index is 4360. The van der Waals surface area contributed by atoms with Crippen molar-refractivity contribution >= 4 is 125 Å². The quantitative estimate of drug-likeness (QED) is 0.00206. The van der Waals surface area contributed by atoms with E-state index in [1.807, 2.05) is 114 Å². The summed E-state index contributed by atoms with van der Waals surface area (Å²) in [4.78, 5) is 120. The Morgan fingerprint density at radius 3 is 0.938 bits per heavy atom. The molecule has 36 heteroatoms. The van der Waals surface area contributed by atoms with Crippen molar-refractivity contribution in [2.45, 2.75) is 73.0 Å². The second kappa shape index (κ2) is 67.0. The molecular weight excluding hydrogens is 1750 g/mol. The van der Waals surface area contributed by atoms with Crippen molar-refractivity contribution in [2.75, 3.05) is 138 Å². The van der Waals surface area contributed by atoms with Gasteiger partial charge >= 0.3 is 41.8 Å². The van der Waals surface area contributed by atoms with Crippen molar-refractivity contribution in [2.24, 2.45) is 5.90 Å². The van der Waals surface area contributed by atoms with Gasteiger partial charge in [-0.2, -0.15) is 0 Å². The fourth-order valence-electron chi connectivity index (χ4n) is 10.1. The lowest BCUT2D eigenvalue weighted by Crippen LogP contribution is -2.41. The summed E-state index contributed by atoms with van der Waals surface area (Å²) in [7, 11) is 2.35. The number of alkyl halides is 2. The summed E-state index contributed by atoms with van der Waals surface area (Å²) in [6.07, 6.45) is 0.927. The van der Waals surface area contributed by atoms with E-state index in [0.717, 1.165) is 48.9 Å². The van der Waals surface area contributed by atoms with Gasteiger partial charge in [-0.25, -0.2) is 45.6 Å². The number of amides is 2. The average molecular weight is 1870 g/mol. The maximum Gasteiger partial charge on any atom is 0.337 e. The monoisotopic (exact) mass is 1860 g/mol. The highest BCUT2D eigenvalue weighted by Gasteiger charge is 2.37. The highest BCUT2D eigenvalue weighted by atomic mass is 35.5. The fraction of sp³-hybridized carbons (Fsp3) is 0.312. The molecule has 0 spiro atoms. The Labute approximate surface area is 769 Å². The number of methoxy groups -OCH3 is 3. The first-order valence-corrected chi connectivity index (χ1v) is 44.6. The first kappa shape index (κ1) is 115. The topological polar surface area (TPSA) is 441 Å². The summed E-state index contributed by atoms with van der Waals surface area (Å²) in [5.41, 5.74) is 8.51. The number of aromatic hydroxyl groups is 1. The Morgan fingerprint density at radius 1 is 0.411 bits per heavy atom. The van der Waals surface area contributed by atoms with Crippen LogP contribution in [-0.4, -0.2) is 221 Å². The van der Waals surface area contributed by atoms with E-state index in [9.17, 15) is 47.9 Å². The van der Waals surface area contributed by atoms with Crippen molar-refractivity contribution in [3.63, 3.8) is 0 Å². The lowest BCUT2D eigenvalue weighted by atomic mass is 10.2. The van der Waals surface area contributed by atoms with Crippen LogP contribution in [0.4, 0.5) is 22.7 Å². The van der Waals surface area contributed by atoms with Crippen LogP contribution in [0.5, 0.6) is 28.7 Å². The molecule has 0 radical (unpaired) electrons. The zero-order chi connectivity index (χ0) is 96.5. The van der Waals surface area contributed by atoms with Gasteiger partial charge in [0.05, 0.1) is 63.7 Å². The highest BCUT2D eigenvalue weighted by molar-refractivity contribution is 6.74. The summed E-state index contributed by atoms with van der Waals surface area (Å²) in [6, 6.07) is 68.2. The van der Waals surface area contributed by atoms with E-state index in [1.54, 1.807) is 34.1 Å². The van der Waals surface area contributed by atoms with Crippen molar-refractivity contribution in [1.29, 1.82) is 0 Å². The number of nitrogens with zero attached hydrogens (tertiary/aromatic N) is 4. The number of phenolic OH excluding ortho intramolecular Hbond substituents is 1. The van der Waals surface area contributed by atoms with E-state index < -0.39 is 61.2 Å². The minimum atomic E-state index is -1.58. The van der Waals surface area contributed by atoms with Gasteiger partial charge in [0, 0.05) is 60.1 Å². The number of hydroxylamine groups is 2. The molecule has 700 valence electrons. The molecule has 129 heavy (non-hydrogen) atoms. The van der Waals surface area contributed by atoms with Crippen LogP contribution in [0.2, 0.25) is 18.1 Å². The SMILES string of the molecule is CC(C)(C)[Si](C)(C)OCCNc1ccccc1.CCCN(CC(=O)Oc1ccc(C(=O)OC)cc1)c1ccccc1.CCN(CC)CC.COC(=O)c1ccc(O)cc1.COC(=O)c1ccc(OC(=O)CCl)cc1.NO.O=C(CN(CCO)c1ccccc1)Oc1ccc(C(=O)NO)cc1.O=C(CN(CCO)c1ccccc1)Oc1ccc(C(=O)NO)cc1.O=C(Cl)CCl. The lowest BCUT2D eigenvalue weighted by Gasteiger charge is -2.36. The van der Waals surface area contributed by atoms with Gasteiger partial charge < -0.3 is 83.0 Å². The van der Waals surface area contributed by atoms with Gasteiger partial charge in [-0.05, 0) is 226 Å². The van der Waals surface area contributed by atoms with Crippen LogP contribution in [-0.2, 0) is 42.6 Å². The van der Waals surface area contributed by atoms with Crippen LogP contribution in [0.3, 0.4) is 0 Å². The van der Waals surface area contributed by atoms with Crippen LogP contribution in [0.1, 0.15) is 107 Å². The number of rotatable bonds is 34. The van der Waals surface area contributed by atoms with Crippen LogP contribution in [0.15, 0.2) is 243 Å². The Morgan fingerprint density at radius 2 is 0.690 bits per heavy atom. The van der Waals surface area contributed by atoms with E-state index >= 15 is 0 Å². The predicted octanol–water partition coefficient (Wildman–Crippen LogP) is 14.3. The number of hydrogen-bond donors (Lipinski definition) is 10. The first-order valence-electron chi connectivity index (χ1n) is 40.3. The van der Waals surface area contributed by atoms with Gasteiger partial charge in [-0.3, -0.25) is 29.6 Å². The molecule has 0 atom stereocenters. The molecule has 0 aliphatic heterocycles. The minimum absolute atomic E-state index is 0.0244. The Kier molecular flexibility index (Phi) is 59.5. The van der Waals surface area contributed by atoms with E-state index in [2.05, 4.69) is 104 Å². The number of esters is 7. The molecule has 0 bridgehead atoms. The molecule has 0 unspecified atom stereocenters. The van der Waals surface area contributed by atoms with E-state index in [-0.39, 0.29) is 79.0 Å². The highest BCUT2D eigenvalue weighted by Crippen LogP contribution is 2.36. The maximum absolute atomic E-state index is 12.2. The van der Waals surface area contributed by atoms with Crippen molar-refractivity contribution < 1.29 is 116 Å². The molecule has 0 saturated heterocycles. The normalized spacial score (nSPS) is 10.1. The average Bonchev–Trinajstić information content (AvgIpc) is 0.839. The van der Waals surface area contributed by atoms with E-state index in [0.29, 0.717) is 46.3 Å². The second-order valence-electron chi connectivity index (χ2n) is 27.8. The number of nitrogens with two attached hydrogens (primary N) is 1. The number of carbonyl (C=O) groups is 10. The number of para-hydroxylation sites is 4. The number of halogens is 3. The standard InChI is InChI=1S/C19H21NO4.2C17H18N2O5.C14H25NOSi.C10H9ClO4.C8H8O3.C6H15N.C2H2Cl2O.H3NO/c1-3-13-20(16-7-5-4-6-8-16)14-18(21)24-17-11-9-15(10-12-17)19(22)23-2;2*20-11-10-19(14-4-2-1-3-5-14)12-16(21)24-15-8-6-13(7-9-15)17(22)18-23;1-14(2,3)17(4,5)16-12-11-15-13-9-7-6-8-10-13;1-14-10(13)7-2-4-8(5-3-7)15-9(12)6-11;1-11-8(10)6-2-4-7(9)5-3-6;1-4-7(5-2)6-3;3-1-2(4)5;1-2/h4-12H,3,13-14H2,1-2H3;2*1-9,20,23H,10-12H2,(H,18,22);6-10,15H,11-12H2,1-5H3;2-5H,6H2,1H3;2-5,9H,1H3;4-6H2,1-3H3;1H2;2H,1H2. The molecule has 0 saturated carbocycles. The van der Waals surface area contributed by atoms with E-state index in [1.165, 1.54) is 149 Å². The molecular formula is C93H119Cl3N8O24Si. The molecule has 0 fully saturated rings. The van der Waals surface area contributed by atoms with Crippen molar-refractivity contribution in [3.05, 3.63) is 270 Å². The number of carbonyl (C=O) groups excluding carboxylic acids is 10. The molecule has 2 amide bonds. The van der Waals surface area contributed by atoms with E-state index in [4.69, 9.17) is 89.1 Å². The number of aliphatic hydroxyl groups is 2. The summed E-state index contributed by atoms with van der Waals surface area (Å²) >= 11 is 14.8. The molecule has 0 aromatic heterocycles. The predicted molar refractivity (Wildman–Crippen MR) is 499 cm³/mol. The number of anilines is 4. The third-order valence-electron chi connectivity index (χ3n) is 17.8. The van der Waals surface area contributed by atoms with Gasteiger partial charge in [-0.1, -0.05) is 121 Å².